The number of hydrogen-bond acceptors (Lipinski definition) is 7. The Balaban J connectivity index is 1.39. The van der Waals surface area contributed by atoms with Crippen molar-refractivity contribution in [1.82, 2.24) is 4.98 Å². The van der Waals surface area contributed by atoms with Crippen molar-refractivity contribution in [2.24, 2.45) is 11.8 Å². The number of anilines is 1. The molecule has 2 aromatic carbocycles. The predicted octanol–water partition coefficient (Wildman–Crippen LogP) is 4.75. The number of carbonyl (C=O) groups excluding carboxylic acids is 1. The Bertz CT molecular complexity index is 1440. The van der Waals surface area contributed by atoms with E-state index in [1.807, 2.05) is 0 Å². The molecular weight excluding hydrogens is 546 g/mol. The second-order valence-electron chi connectivity index (χ2n) is 9.50. The van der Waals surface area contributed by atoms with Gasteiger partial charge in [0.1, 0.15) is 16.7 Å². The first-order valence-corrected chi connectivity index (χ1v) is 14.4. The van der Waals surface area contributed by atoms with Crippen molar-refractivity contribution < 1.29 is 32.2 Å². The van der Waals surface area contributed by atoms with E-state index < -0.39 is 56.2 Å². The number of nitrogens with one attached hydrogen (secondary N) is 1. The Morgan fingerprint density at radius 3 is 2.46 bits per heavy atom. The van der Waals surface area contributed by atoms with Gasteiger partial charge in [-0.15, -0.1) is 11.3 Å². The number of benzene rings is 2. The lowest BCUT2D eigenvalue weighted by Gasteiger charge is -2.44. The maximum Gasteiger partial charge on any atom is 0.255 e. The Labute approximate surface area is 221 Å². The highest BCUT2D eigenvalue weighted by Crippen LogP contribution is 2.56. The predicted molar refractivity (Wildman–Crippen MR) is 134 cm³/mol. The van der Waals surface area contributed by atoms with Gasteiger partial charge in [0.25, 0.3) is 5.91 Å². The Morgan fingerprint density at radius 2 is 1.84 bits per heavy atom. The maximum absolute atomic E-state index is 13.7. The molecule has 37 heavy (non-hydrogen) atoms. The zero-order valence-corrected chi connectivity index (χ0v) is 21.7. The van der Waals surface area contributed by atoms with Crippen molar-refractivity contribution in [3.8, 4) is 0 Å². The monoisotopic (exact) mass is 568 g/mol. The van der Waals surface area contributed by atoms with Gasteiger partial charge in [-0.05, 0) is 67.9 Å². The quantitative estimate of drug-likeness (QED) is 0.395. The Kier molecular flexibility index (Phi) is 6.86. The molecule has 0 saturated heterocycles. The van der Waals surface area contributed by atoms with Gasteiger partial charge in [0.2, 0.25) is 0 Å². The molecule has 0 unspecified atom stereocenters. The fourth-order valence-electron chi connectivity index (χ4n) is 5.63. The summed E-state index contributed by atoms with van der Waals surface area (Å²) in [6.07, 6.45) is 1.72. The van der Waals surface area contributed by atoms with Crippen LogP contribution in [0.5, 0.6) is 0 Å². The molecule has 196 valence electrons. The highest BCUT2D eigenvalue weighted by Gasteiger charge is 2.59. The van der Waals surface area contributed by atoms with Crippen LogP contribution in [0.3, 0.4) is 0 Å². The van der Waals surface area contributed by atoms with E-state index in [-0.39, 0.29) is 34.0 Å². The zero-order chi connectivity index (χ0) is 26.5. The van der Waals surface area contributed by atoms with Crippen LogP contribution in [-0.2, 0) is 9.84 Å². The number of carbonyl (C=O) groups is 1. The van der Waals surface area contributed by atoms with Gasteiger partial charge in [0.15, 0.2) is 21.5 Å². The first-order chi connectivity index (χ1) is 17.5. The minimum atomic E-state index is -4.02. The third-order valence-electron chi connectivity index (χ3n) is 7.51. The fourth-order valence-corrected chi connectivity index (χ4v) is 8.73. The van der Waals surface area contributed by atoms with Crippen molar-refractivity contribution in [2.75, 3.05) is 5.32 Å². The van der Waals surface area contributed by atoms with Gasteiger partial charge in [0.05, 0.1) is 15.2 Å². The molecule has 2 saturated carbocycles. The summed E-state index contributed by atoms with van der Waals surface area (Å²) in [4.78, 5) is 16.6. The maximum atomic E-state index is 13.7. The number of amides is 1. The number of aromatic nitrogens is 1. The molecule has 0 aliphatic heterocycles. The molecule has 1 aromatic heterocycles. The van der Waals surface area contributed by atoms with E-state index in [0.29, 0.717) is 17.8 Å². The van der Waals surface area contributed by atoms with Crippen molar-refractivity contribution in [2.45, 2.75) is 47.5 Å². The molecule has 12 heteroatoms. The summed E-state index contributed by atoms with van der Waals surface area (Å²) in [7, 11) is -4.02. The number of thiazole rings is 1. The van der Waals surface area contributed by atoms with E-state index in [1.54, 1.807) is 11.6 Å². The van der Waals surface area contributed by atoms with Crippen LogP contribution >= 0.6 is 22.9 Å². The van der Waals surface area contributed by atoms with Crippen molar-refractivity contribution in [3.05, 3.63) is 75.2 Å². The number of aliphatic hydroxyl groups is 2. The van der Waals surface area contributed by atoms with Crippen LogP contribution < -0.4 is 5.32 Å². The number of rotatable bonds is 6. The average molecular weight is 569 g/mol. The van der Waals surface area contributed by atoms with E-state index in [1.165, 1.54) is 35.6 Å². The molecule has 3 aromatic rings. The van der Waals surface area contributed by atoms with E-state index in [0.717, 1.165) is 12.1 Å². The van der Waals surface area contributed by atoms with Gasteiger partial charge < -0.3 is 15.5 Å². The van der Waals surface area contributed by atoms with Crippen LogP contribution in [-0.4, -0.2) is 40.4 Å². The molecule has 2 aliphatic rings. The number of hydrogen-bond donors (Lipinski definition) is 3. The van der Waals surface area contributed by atoms with Crippen LogP contribution in [0.1, 0.15) is 47.2 Å². The first kappa shape index (κ1) is 26.2. The van der Waals surface area contributed by atoms with Crippen molar-refractivity contribution >= 4 is 44.4 Å². The molecular formula is C25H23ClF2N2O5S2. The molecule has 2 bridgehead atoms. The van der Waals surface area contributed by atoms with Crippen LogP contribution in [0.2, 0.25) is 5.02 Å². The molecule has 0 spiro atoms. The lowest BCUT2D eigenvalue weighted by Crippen LogP contribution is -2.52. The topological polar surface area (TPSA) is 117 Å². The van der Waals surface area contributed by atoms with E-state index in [9.17, 15) is 32.2 Å². The second-order valence-corrected chi connectivity index (χ2v) is 13.0. The van der Waals surface area contributed by atoms with Crippen molar-refractivity contribution in [1.29, 1.82) is 0 Å². The zero-order valence-electron chi connectivity index (χ0n) is 19.3. The molecule has 3 N–H and O–H groups in total. The summed E-state index contributed by atoms with van der Waals surface area (Å²) in [5.41, 5.74) is -1.49. The number of nitrogens with zero attached hydrogens (tertiary/aromatic N) is 1. The second kappa shape index (κ2) is 9.70. The molecule has 7 nitrogen and oxygen atoms in total. The lowest BCUT2D eigenvalue weighted by atomic mass is 9.71. The third kappa shape index (κ3) is 4.57. The van der Waals surface area contributed by atoms with Gasteiger partial charge in [-0.1, -0.05) is 11.6 Å². The van der Waals surface area contributed by atoms with Crippen molar-refractivity contribution in [3.63, 3.8) is 0 Å². The van der Waals surface area contributed by atoms with Crippen LogP contribution in [0.4, 0.5) is 14.5 Å². The van der Waals surface area contributed by atoms with Crippen LogP contribution in [0, 0.1) is 23.5 Å². The largest absolute Gasteiger partial charge is 0.386 e. The Hall–Kier alpha value is -2.44. The smallest absolute Gasteiger partial charge is 0.255 e. The minimum Gasteiger partial charge on any atom is -0.386 e. The summed E-state index contributed by atoms with van der Waals surface area (Å²) in [5, 5.41) is 26.0. The molecule has 2 aliphatic carbocycles. The highest BCUT2D eigenvalue weighted by atomic mass is 35.5. The standard InChI is InChI=1S/C25H23ClF2N2O5S2/c26-18-5-1-13(23(32)30-16-4-6-19(27)20(28)12-16)9-21(18)37(34,35)17-10-14-2-3-15(11-17)25(14,33)22(31)24-29-7-8-36-24/h1,4-9,12,14-15,17,22,31,33H,2-3,10-11H2,(H,30,32)/t14-,15+,17-,22-,25-/m1/s1. The van der Waals surface area contributed by atoms with Crippen LogP contribution in [0.15, 0.2) is 52.9 Å². The minimum absolute atomic E-state index is 0.00480. The molecule has 5 atom stereocenters. The van der Waals surface area contributed by atoms with Gasteiger partial charge >= 0.3 is 0 Å². The molecule has 1 heterocycles. The van der Waals surface area contributed by atoms with Crippen LogP contribution in [0.25, 0.3) is 0 Å². The van der Waals surface area contributed by atoms with Gasteiger partial charge in [-0.3, -0.25) is 4.79 Å². The number of aliphatic hydroxyl groups excluding tert-OH is 1. The lowest BCUT2D eigenvalue weighted by molar-refractivity contribution is -0.144. The average Bonchev–Trinajstić information content (AvgIpc) is 3.43. The first-order valence-electron chi connectivity index (χ1n) is 11.6. The fraction of sp³-hybridized carbons (Fsp3) is 0.360. The Morgan fingerprint density at radius 1 is 1.14 bits per heavy atom. The summed E-state index contributed by atoms with van der Waals surface area (Å²) in [5.74, 6) is -3.83. The van der Waals surface area contributed by atoms with E-state index >= 15 is 0 Å². The summed E-state index contributed by atoms with van der Waals surface area (Å²) < 4.78 is 54.1. The highest BCUT2D eigenvalue weighted by molar-refractivity contribution is 7.92. The molecule has 2 fully saturated rings. The van der Waals surface area contributed by atoms with E-state index in [4.69, 9.17) is 11.6 Å². The number of halogens is 3. The molecule has 5 rings (SSSR count). The van der Waals surface area contributed by atoms with Gasteiger partial charge in [0, 0.05) is 28.9 Å². The summed E-state index contributed by atoms with van der Waals surface area (Å²) in [6.45, 7) is 0. The number of fused-ring (bicyclic) bond motifs is 2. The molecule has 1 amide bonds. The van der Waals surface area contributed by atoms with E-state index in [2.05, 4.69) is 10.3 Å². The number of sulfone groups is 1. The normalized spacial score (nSPS) is 26.1. The summed E-state index contributed by atoms with van der Waals surface area (Å²) in [6, 6.07) is 6.68. The van der Waals surface area contributed by atoms with Gasteiger partial charge in [-0.25, -0.2) is 22.2 Å². The summed E-state index contributed by atoms with van der Waals surface area (Å²) >= 11 is 7.50. The third-order valence-corrected chi connectivity index (χ3v) is 11.0. The van der Waals surface area contributed by atoms with Gasteiger partial charge in [-0.2, -0.15) is 0 Å². The molecule has 0 radical (unpaired) electrons. The SMILES string of the molecule is O=C(Nc1ccc(F)c(F)c1)c1ccc(Cl)c(S(=O)(=O)[C@@H]2C[C@H]3CC[C@@H](C2)[C@@]3(O)[C@H](O)c2nccs2)c1.